The molecule has 1 aromatic carbocycles. The molecule has 2 N–H and O–H groups in total. The molecular formula is C12H18N2O. The van der Waals surface area contributed by atoms with Gasteiger partial charge in [0.2, 0.25) is 5.91 Å². The summed E-state index contributed by atoms with van der Waals surface area (Å²) in [7, 11) is 1.76. The summed E-state index contributed by atoms with van der Waals surface area (Å²) in [5, 5.41) is 5.76. The van der Waals surface area contributed by atoms with Crippen LogP contribution in [0.4, 0.5) is 0 Å². The van der Waals surface area contributed by atoms with Gasteiger partial charge in [0, 0.05) is 0 Å². The van der Waals surface area contributed by atoms with Gasteiger partial charge in [0.1, 0.15) is 0 Å². The van der Waals surface area contributed by atoms with Gasteiger partial charge in [-0.25, -0.2) is 0 Å². The number of hydrogen-bond donors (Lipinski definition) is 2. The van der Waals surface area contributed by atoms with Crippen LogP contribution in [-0.4, -0.2) is 19.5 Å². The predicted octanol–water partition coefficient (Wildman–Crippen LogP) is 1.39. The van der Waals surface area contributed by atoms with Crippen LogP contribution in [0.15, 0.2) is 24.3 Å². The minimum Gasteiger partial charge on any atom is -0.348 e. The van der Waals surface area contributed by atoms with Crippen molar-refractivity contribution in [3.63, 3.8) is 0 Å². The van der Waals surface area contributed by atoms with Crippen molar-refractivity contribution in [3.8, 4) is 0 Å². The van der Waals surface area contributed by atoms with Gasteiger partial charge >= 0.3 is 0 Å². The Labute approximate surface area is 90.9 Å². The van der Waals surface area contributed by atoms with E-state index in [9.17, 15) is 4.79 Å². The Bertz CT molecular complexity index is 336. The first-order valence-electron chi connectivity index (χ1n) is 5.14. The summed E-state index contributed by atoms with van der Waals surface area (Å²) >= 11 is 0. The summed E-state index contributed by atoms with van der Waals surface area (Å²) in [6, 6.07) is 8.15. The van der Waals surface area contributed by atoms with Crippen LogP contribution in [0.5, 0.6) is 0 Å². The largest absolute Gasteiger partial charge is 0.348 e. The smallest absolute Gasteiger partial charge is 0.234 e. The number of likely N-dealkylation sites (N-methyl/N-ethyl adjacent to an activating group) is 1. The van der Waals surface area contributed by atoms with Crippen LogP contribution in [0.1, 0.15) is 24.1 Å². The topological polar surface area (TPSA) is 41.1 Å². The highest BCUT2D eigenvalue weighted by Crippen LogP contribution is 2.16. The Morgan fingerprint density at radius 1 is 1.40 bits per heavy atom. The summed E-state index contributed by atoms with van der Waals surface area (Å²) < 4.78 is 0. The Morgan fingerprint density at radius 3 is 2.67 bits per heavy atom. The molecule has 0 saturated heterocycles. The molecule has 0 bridgehead atoms. The molecule has 0 aromatic heterocycles. The first-order valence-corrected chi connectivity index (χ1v) is 5.14. The van der Waals surface area contributed by atoms with Crippen molar-refractivity contribution in [2.45, 2.75) is 19.9 Å². The molecule has 1 aromatic rings. The Hall–Kier alpha value is -1.35. The second-order valence-electron chi connectivity index (χ2n) is 3.68. The number of nitrogens with one attached hydrogen (secondary N) is 2. The summed E-state index contributed by atoms with van der Waals surface area (Å²) in [4.78, 5) is 11.4. The molecule has 0 aliphatic rings. The molecule has 0 radical (unpaired) electrons. The molecule has 0 unspecified atom stereocenters. The van der Waals surface area contributed by atoms with Gasteiger partial charge in [0.05, 0.1) is 12.6 Å². The van der Waals surface area contributed by atoms with Gasteiger partial charge in [-0.15, -0.1) is 0 Å². The number of hydrogen-bond acceptors (Lipinski definition) is 2. The van der Waals surface area contributed by atoms with E-state index in [0.29, 0.717) is 6.54 Å². The lowest BCUT2D eigenvalue weighted by Crippen LogP contribution is -2.34. The van der Waals surface area contributed by atoms with Crippen molar-refractivity contribution in [3.05, 3.63) is 35.4 Å². The van der Waals surface area contributed by atoms with Crippen LogP contribution in [0, 0.1) is 6.92 Å². The molecule has 0 aliphatic heterocycles. The molecule has 0 aliphatic carbocycles. The van der Waals surface area contributed by atoms with E-state index in [1.807, 2.05) is 25.1 Å². The van der Waals surface area contributed by atoms with E-state index >= 15 is 0 Å². The lowest BCUT2D eigenvalue weighted by atomic mass is 10.0. The number of aryl methyl sites for hydroxylation is 1. The quantitative estimate of drug-likeness (QED) is 0.781. The number of carbonyl (C=O) groups excluding carboxylic acids is 1. The Morgan fingerprint density at radius 2 is 2.07 bits per heavy atom. The number of amides is 1. The Kier molecular flexibility index (Phi) is 4.31. The molecule has 3 nitrogen and oxygen atoms in total. The second kappa shape index (κ2) is 5.51. The average Bonchev–Trinajstić information content (AvgIpc) is 2.18. The fraction of sp³-hybridized carbons (Fsp3) is 0.417. The van der Waals surface area contributed by atoms with Crippen LogP contribution in [0.2, 0.25) is 0 Å². The number of benzene rings is 1. The van der Waals surface area contributed by atoms with Gasteiger partial charge in [0.25, 0.3) is 0 Å². The lowest BCUT2D eigenvalue weighted by molar-refractivity contribution is -0.120. The van der Waals surface area contributed by atoms with E-state index in [1.165, 1.54) is 11.1 Å². The van der Waals surface area contributed by atoms with Crippen LogP contribution in [-0.2, 0) is 4.79 Å². The molecule has 3 heteroatoms. The Balaban J connectivity index is 2.65. The highest BCUT2D eigenvalue weighted by molar-refractivity contribution is 5.78. The van der Waals surface area contributed by atoms with E-state index in [1.54, 1.807) is 7.05 Å². The highest BCUT2D eigenvalue weighted by atomic mass is 16.1. The zero-order chi connectivity index (χ0) is 11.3. The number of carbonyl (C=O) groups is 1. The summed E-state index contributed by atoms with van der Waals surface area (Å²) in [6.45, 7) is 4.40. The van der Waals surface area contributed by atoms with Gasteiger partial charge in [0.15, 0.2) is 0 Å². The fourth-order valence-electron chi connectivity index (χ4n) is 1.60. The summed E-state index contributed by atoms with van der Waals surface area (Å²) in [5.41, 5.74) is 2.37. The standard InChI is InChI=1S/C12H18N2O/c1-9-6-4-5-7-11(9)10(2)14-12(15)8-13-3/h4-7,10,13H,8H2,1-3H3,(H,14,15)/t10-/m1/s1. The van der Waals surface area contributed by atoms with Gasteiger partial charge in [-0.05, 0) is 32.0 Å². The second-order valence-corrected chi connectivity index (χ2v) is 3.68. The SMILES string of the molecule is CNCC(=O)N[C@H](C)c1ccccc1C. The van der Waals surface area contributed by atoms with Crippen LogP contribution >= 0.6 is 0 Å². The third-order valence-corrected chi connectivity index (χ3v) is 2.37. The van der Waals surface area contributed by atoms with Crippen LogP contribution in [0.3, 0.4) is 0 Å². The molecule has 1 amide bonds. The third-order valence-electron chi connectivity index (χ3n) is 2.37. The maximum absolute atomic E-state index is 11.4. The van der Waals surface area contributed by atoms with Gasteiger partial charge in [-0.3, -0.25) is 4.79 Å². The molecule has 0 fully saturated rings. The molecule has 0 heterocycles. The fourth-order valence-corrected chi connectivity index (χ4v) is 1.60. The predicted molar refractivity (Wildman–Crippen MR) is 61.7 cm³/mol. The van der Waals surface area contributed by atoms with Gasteiger partial charge in [-0.2, -0.15) is 0 Å². The molecule has 1 rings (SSSR count). The summed E-state index contributed by atoms with van der Waals surface area (Å²) in [5.74, 6) is 0.0215. The zero-order valence-electron chi connectivity index (χ0n) is 9.50. The van der Waals surface area contributed by atoms with Crippen LogP contribution < -0.4 is 10.6 Å². The lowest BCUT2D eigenvalue weighted by Gasteiger charge is -2.16. The van der Waals surface area contributed by atoms with Crippen molar-refractivity contribution in [1.29, 1.82) is 0 Å². The van der Waals surface area contributed by atoms with Crippen molar-refractivity contribution < 1.29 is 4.79 Å². The van der Waals surface area contributed by atoms with Crippen molar-refractivity contribution in [1.82, 2.24) is 10.6 Å². The van der Waals surface area contributed by atoms with E-state index in [-0.39, 0.29) is 11.9 Å². The average molecular weight is 206 g/mol. The van der Waals surface area contributed by atoms with Crippen molar-refractivity contribution in [2.24, 2.45) is 0 Å². The maximum atomic E-state index is 11.4. The molecule has 0 spiro atoms. The molecular weight excluding hydrogens is 188 g/mol. The van der Waals surface area contributed by atoms with E-state index in [4.69, 9.17) is 0 Å². The minimum atomic E-state index is 0.0215. The minimum absolute atomic E-state index is 0.0215. The first kappa shape index (κ1) is 11.7. The van der Waals surface area contributed by atoms with Crippen molar-refractivity contribution in [2.75, 3.05) is 13.6 Å². The maximum Gasteiger partial charge on any atom is 0.234 e. The molecule has 15 heavy (non-hydrogen) atoms. The van der Waals surface area contributed by atoms with E-state index in [2.05, 4.69) is 23.6 Å². The summed E-state index contributed by atoms with van der Waals surface area (Å²) in [6.07, 6.45) is 0. The van der Waals surface area contributed by atoms with E-state index < -0.39 is 0 Å². The van der Waals surface area contributed by atoms with Gasteiger partial charge < -0.3 is 10.6 Å². The number of rotatable bonds is 4. The molecule has 82 valence electrons. The third kappa shape index (κ3) is 3.36. The molecule has 1 atom stereocenters. The van der Waals surface area contributed by atoms with E-state index in [0.717, 1.165) is 0 Å². The van der Waals surface area contributed by atoms with Gasteiger partial charge in [-0.1, -0.05) is 24.3 Å². The van der Waals surface area contributed by atoms with Crippen molar-refractivity contribution >= 4 is 5.91 Å². The normalized spacial score (nSPS) is 12.2. The first-order chi connectivity index (χ1) is 7.15. The monoisotopic (exact) mass is 206 g/mol. The molecule has 0 saturated carbocycles. The zero-order valence-corrected chi connectivity index (χ0v) is 9.50. The van der Waals surface area contributed by atoms with Crippen LogP contribution in [0.25, 0.3) is 0 Å². The highest BCUT2D eigenvalue weighted by Gasteiger charge is 2.09.